The lowest BCUT2D eigenvalue weighted by Crippen LogP contribution is -2.36. The van der Waals surface area contributed by atoms with E-state index in [0.717, 1.165) is 18.5 Å². The lowest BCUT2D eigenvalue weighted by molar-refractivity contribution is -0.123. The third kappa shape index (κ3) is 3.53. The Kier molecular flexibility index (Phi) is 4.69. The molecule has 1 aromatic rings. The molecule has 0 heterocycles. The first-order valence-electron chi connectivity index (χ1n) is 7.57. The molecule has 0 aromatic heterocycles. The molecule has 0 saturated heterocycles. The van der Waals surface area contributed by atoms with E-state index in [2.05, 4.69) is 26.1 Å². The molecule has 1 amide bonds. The van der Waals surface area contributed by atoms with Gasteiger partial charge in [-0.05, 0) is 54.9 Å². The molecule has 0 unspecified atom stereocenters. The fourth-order valence-corrected chi connectivity index (χ4v) is 3.28. The number of benzene rings is 1. The van der Waals surface area contributed by atoms with Crippen LogP contribution in [0.15, 0.2) is 24.3 Å². The fraction of sp³-hybridized carbons (Fsp3) is 0.588. The number of aromatic hydroxyl groups is 1. The minimum absolute atomic E-state index is 0.104. The Balaban J connectivity index is 2.07. The van der Waals surface area contributed by atoms with Crippen molar-refractivity contribution < 1.29 is 9.90 Å². The molecule has 0 spiro atoms. The molecule has 110 valence electrons. The molecule has 3 atom stereocenters. The first-order valence-corrected chi connectivity index (χ1v) is 7.57. The minimum Gasteiger partial charge on any atom is -0.508 e. The van der Waals surface area contributed by atoms with Crippen molar-refractivity contribution in [1.82, 2.24) is 0 Å². The van der Waals surface area contributed by atoms with Gasteiger partial charge >= 0.3 is 0 Å². The Bertz CT molecular complexity index is 453. The Morgan fingerprint density at radius 1 is 1.25 bits per heavy atom. The molecule has 1 aromatic carbocycles. The highest BCUT2D eigenvalue weighted by atomic mass is 16.3. The Morgan fingerprint density at radius 3 is 2.50 bits per heavy atom. The van der Waals surface area contributed by atoms with E-state index in [1.165, 1.54) is 6.42 Å². The van der Waals surface area contributed by atoms with E-state index in [1.54, 1.807) is 24.3 Å². The normalized spacial score (nSPS) is 26.5. The first kappa shape index (κ1) is 14.9. The predicted molar refractivity (Wildman–Crippen MR) is 81.6 cm³/mol. The van der Waals surface area contributed by atoms with Crippen LogP contribution in [0.3, 0.4) is 0 Å². The lowest BCUT2D eigenvalue weighted by Gasteiger charge is -2.36. The van der Waals surface area contributed by atoms with Crippen LogP contribution in [-0.4, -0.2) is 11.0 Å². The van der Waals surface area contributed by atoms with E-state index in [4.69, 9.17) is 0 Å². The number of phenolic OH excluding ortho intramolecular Hbond substituents is 1. The third-order valence-electron chi connectivity index (χ3n) is 4.49. The molecule has 0 bridgehead atoms. The van der Waals surface area contributed by atoms with Crippen LogP contribution in [0.5, 0.6) is 5.75 Å². The Morgan fingerprint density at radius 2 is 1.90 bits per heavy atom. The van der Waals surface area contributed by atoms with Crippen LogP contribution in [0, 0.1) is 23.7 Å². The van der Waals surface area contributed by atoms with Crippen LogP contribution in [0.1, 0.15) is 40.0 Å². The monoisotopic (exact) mass is 275 g/mol. The molecule has 2 rings (SSSR count). The van der Waals surface area contributed by atoms with E-state index in [9.17, 15) is 9.90 Å². The van der Waals surface area contributed by atoms with Crippen molar-refractivity contribution in [3.63, 3.8) is 0 Å². The van der Waals surface area contributed by atoms with E-state index in [-0.39, 0.29) is 17.6 Å². The summed E-state index contributed by atoms with van der Waals surface area (Å²) in [7, 11) is 0. The van der Waals surface area contributed by atoms with Gasteiger partial charge in [0.05, 0.1) is 0 Å². The van der Waals surface area contributed by atoms with Gasteiger partial charge in [-0.3, -0.25) is 4.79 Å². The standard InChI is InChI=1S/C17H25NO2/c1-11(2)15-9-4-12(3)10-16(15)17(20)18-13-5-7-14(19)8-6-13/h5-8,11-12,15-16,19H,4,9-10H2,1-3H3,(H,18,20)/t12-,15+,16-/m1/s1. The maximum Gasteiger partial charge on any atom is 0.227 e. The second-order valence-electron chi connectivity index (χ2n) is 6.47. The molecule has 0 aliphatic heterocycles. The quantitative estimate of drug-likeness (QED) is 0.818. The van der Waals surface area contributed by atoms with Gasteiger partial charge in [-0.2, -0.15) is 0 Å². The fourth-order valence-electron chi connectivity index (χ4n) is 3.28. The summed E-state index contributed by atoms with van der Waals surface area (Å²) < 4.78 is 0. The van der Waals surface area contributed by atoms with Gasteiger partial charge in [0.25, 0.3) is 0 Å². The van der Waals surface area contributed by atoms with Crippen LogP contribution in [0.25, 0.3) is 0 Å². The zero-order chi connectivity index (χ0) is 14.7. The maximum atomic E-state index is 12.5. The first-order chi connectivity index (χ1) is 9.47. The highest BCUT2D eigenvalue weighted by molar-refractivity contribution is 5.92. The average Bonchev–Trinajstić information content (AvgIpc) is 2.41. The number of nitrogens with one attached hydrogen (secondary N) is 1. The third-order valence-corrected chi connectivity index (χ3v) is 4.49. The number of anilines is 1. The molecule has 1 fully saturated rings. The SMILES string of the molecule is CC(C)[C@@H]1CC[C@@H](C)C[C@H]1C(=O)Nc1ccc(O)cc1. The highest BCUT2D eigenvalue weighted by Gasteiger charge is 2.35. The average molecular weight is 275 g/mol. The van der Waals surface area contributed by atoms with E-state index in [1.807, 2.05) is 0 Å². The molecule has 0 radical (unpaired) electrons. The van der Waals surface area contributed by atoms with Gasteiger partial charge in [0.1, 0.15) is 5.75 Å². The number of carbonyl (C=O) groups excluding carboxylic acids is 1. The summed E-state index contributed by atoms with van der Waals surface area (Å²) in [6.07, 6.45) is 3.35. The van der Waals surface area contributed by atoms with Crippen molar-refractivity contribution in [2.24, 2.45) is 23.7 Å². The van der Waals surface area contributed by atoms with Crippen molar-refractivity contribution in [1.29, 1.82) is 0 Å². The molecule has 20 heavy (non-hydrogen) atoms. The van der Waals surface area contributed by atoms with E-state index >= 15 is 0 Å². The molecular formula is C17H25NO2. The number of hydrogen-bond acceptors (Lipinski definition) is 2. The van der Waals surface area contributed by atoms with Crippen LogP contribution >= 0.6 is 0 Å². The van der Waals surface area contributed by atoms with Gasteiger partial charge in [-0.25, -0.2) is 0 Å². The summed E-state index contributed by atoms with van der Waals surface area (Å²) in [5, 5.41) is 12.3. The van der Waals surface area contributed by atoms with Gasteiger partial charge < -0.3 is 10.4 Å². The van der Waals surface area contributed by atoms with Crippen LogP contribution in [0.2, 0.25) is 0 Å². The van der Waals surface area contributed by atoms with Crippen LogP contribution in [0.4, 0.5) is 5.69 Å². The minimum atomic E-state index is 0.104. The number of phenols is 1. The molecule has 1 saturated carbocycles. The molecule has 1 aliphatic carbocycles. The van der Waals surface area contributed by atoms with E-state index < -0.39 is 0 Å². The zero-order valence-corrected chi connectivity index (χ0v) is 12.6. The number of hydrogen-bond donors (Lipinski definition) is 2. The van der Waals surface area contributed by atoms with Crippen LogP contribution in [-0.2, 0) is 4.79 Å². The summed E-state index contributed by atoms with van der Waals surface area (Å²) >= 11 is 0. The number of carbonyl (C=O) groups is 1. The smallest absolute Gasteiger partial charge is 0.227 e. The van der Waals surface area contributed by atoms with Crippen molar-refractivity contribution >= 4 is 11.6 Å². The largest absolute Gasteiger partial charge is 0.508 e. The Hall–Kier alpha value is -1.51. The second-order valence-corrected chi connectivity index (χ2v) is 6.47. The van der Waals surface area contributed by atoms with E-state index in [0.29, 0.717) is 17.8 Å². The summed E-state index contributed by atoms with van der Waals surface area (Å²) in [5.41, 5.74) is 0.758. The van der Waals surface area contributed by atoms with Crippen molar-refractivity contribution in [2.45, 2.75) is 40.0 Å². The summed E-state index contributed by atoms with van der Waals surface area (Å²) in [4.78, 5) is 12.5. The Labute approximate surface area is 121 Å². The summed E-state index contributed by atoms with van der Waals surface area (Å²) in [5.74, 6) is 2.09. The number of rotatable bonds is 3. The molecule has 3 nitrogen and oxygen atoms in total. The van der Waals surface area contributed by atoms with Crippen molar-refractivity contribution in [3.05, 3.63) is 24.3 Å². The molecule has 2 N–H and O–H groups in total. The molecular weight excluding hydrogens is 250 g/mol. The zero-order valence-electron chi connectivity index (χ0n) is 12.6. The predicted octanol–water partition coefficient (Wildman–Crippen LogP) is 4.04. The maximum absolute atomic E-state index is 12.5. The number of amides is 1. The molecule has 1 aliphatic rings. The van der Waals surface area contributed by atoms with Gasteiger partial charge in [0, 0.05) is 11.6 Å². The second kappa shape index (κ2) is 6.29. The summed E-state index contributed by atoms with van der Waals surface area (Å²) in [6.45, 7) is 6.65. The van der Waals surface area contributed by atoms with Gasteiger partial charge in [0.2, 0.25) is 5.91 Å². The van der Waals surface area contributed by atoms with Crippen molar-refractivity contribution in [3.8, 4) is 5.75 Å². The van der Waals surface area contributed by atoms with Gasteiger partial charge in [0.15, 0.2) is 0 Å². The van der Waals surface area contributed by atoms with Gasteiger partial charge in [-0.15, -0.1) is 0 Å². The van der Waals surface area contributed by atoms with Crippen LogP contribution < -0.4 is 5.32 Å². The van der Waals surface area contributed by atoms with Gasteiger partial charge in [-0.1, -0.05) is 27.2 Å². The lowest BCUT2D eigenvalue weighted by atomic mass is 9.70. The topological polar surface area (TPSA) is 49.3 Å². The van der Waals surface area contributed by atoms with Crippen molar-refractivity contribution in [2.75, 3.05) is 5.32 Å². The molecule has 3 heteroatoms. The summed E-state index contributed by atoms with van der Waals surface area (Å²) in [6, 6.07) is 6.67. The highest BCUT2D eigenvalue weighted by Crippen LogP contribution is 2.38.